The van der Waals surface area contributed by atoms with E-state index in [4.69, 9.17) is 16.3 Å². The zero-order valence-corrected chi connectivity index (χ0v) is 15.0. The fourth-order valence-corrected chi connectivity index (χ4v) is 3.46. The average molecular weight is 384 g/mol. The Hall–Kier alpha value is -2.09. The van der Waals surface area contributed by atoms with Crippen molar-refractivity contribution < 1.29 is 23.1 Å². The highest BCUT2D eigenvalue weighted by Crippen LogP contribution is 2.16. The normalized spacial score (nSPS) is 12.6. The van der Waals surface area contributed by atoms with Crippen molar-refractivity contribution in [3.8, 4) is 5.75 Å². The van der Waals surface area contributed by atoms with E-state index in [1.807, 2.05) is 0 Å². The molecule has 0 aliphatic rings. The lowest BCUT2D eigenvalue weighted by atomic mass is 10.1. The monoisotopic (exact) mass is 383 g/mol. The number of benzene rings is 2. The highest BCUT2D eigenvalue weighted by atomic mass is 35.5. The lowest BCUT2D eigenvalue weighted by molar-refractivity contribution is -0.145. The molecule has 0 amide bonds. The van der Waals surface area contributed by atoms with Crippen molar-refractivity contribution in [3.05, 3.63) is 59.1 Å². The van der Waals surface area contributed by atoms with E-state index in [9.17, 15) is 18.3 Å². The molecule has 0 fully saturated rings. The SMILES string of the molecule is CCOC(=O)[C@@H](Cc1ccc(O)cc1)NS(=O)(=O)c1ccc(Cl)cc1. The number of phenols is 1. The highest BCUT2D eigenvalue weighted by Gasteiger charge is 2.27. The van der Waals surface area contributed by atoms with Gasteiger partial charge < -0.3 is 9.84 Å². The largest absolute Gasteiger partial charge is 0.508 e. The van der Waals surface area contributed by atoms with E-state index in [-0.39, 0.29) is 23.7 Å². The average Bonchev–Trinajstić information content (AvgIpc) is 2.56. The molecule has 2 rings (SSSR count). The van der Waals surface area contributed by atoms with Crippen LogP contribution in [0, 0.1) is 0 Å². The number of esters is 1. The van der Waals surface area contributed by atoms with Crippen molar-refractivity contribution in [3.63, 3.8) is 0 Å². The molecule has 2 aromatic rings. The van der Waals surface area contributed by atoms with Crippen molar-refractivity contribution in [2.45, 2.75) is 24.3 Å². The van der Waals surface area contributed by atoms with Crippen LogP contribution in [0.15, 0.2) is 53.4 Å². The molecule has 134 valence electrons. The molecule has 6 nitrogen and oxygen atoms in total. The van der Waals surface area contributed by atoms with Gasteiger partial charge in [-0.3, -0.25) is 4.79 Å². The standard InChI is InChI=1S/C17H18ClNO5S/c1-2-24-17(21)16(11-12-3-7-14(20)8-4-12)19-25(22,23)15-9-5-13(18)6-10-15/h3-10,16,19-20H,2,11H2,1H3/t16-/m1/s1. The highest BCUT2D eigenvalue weighted by molar-refractivity contribution is 7.89. The molecule has 0 aromatic heterocycles. The molecule has 0 saturated carbocycles. The summed E-state index contributed by atoms with van der Waals surface area (Å²) >= 11 is 5.77. The van der Waals surface area contributed by atoms with Gasteiger partial charge in [-0.1, -0.05) is 23.7 Å². The van der Waals surface area contributed by atoms with Crippen LogP contribution in [0.5, 0.6) is 5.75 Å². The van der Waals surface area contributed by atoms with Crippen LogP contribution in [-0.4, -0.2) is 32.1 Å². The van der Waals surface area contributed by atoms with Crippen molar-refractivity contribution in [1.29, 1.82) is 0 Å². The summed E-state index contributed by atoms with van der Waals surface area (Å²) in [5, 5.41) is 9.74. The molecule has 0 heterocycles. The van der Waals surface area contributed by atoms with Crippen LogP contribution in [0.3, 0.4) is 0 Å². The van der Waals surface area contributed by atoms with Gasteiger partial charge in [0.25, 0.3) is 0 Å². The number of carbonyl (C=O) groups is 1. The minimum Gasteiger partial charge on any atom is -0.508 e. The van der Waals surface area contributed by atoms with E-state index in [2.05, 4.69) is 4.72 Å². The topological polar surface area (TPSA) is 92.7 Å². The number of phenolic OH excluding ortho intramolecular Hbond substituents is 1. The summed E-state index contributed by atoms with van der Waals surface area (Å²) in [5.74, 6) is -0.591. The summed E-state index contributed by atoms with van der Waals surface area (Å²) in [4.78, 5) is 12.2. The number of hydrogen-bond donors (Lipinski definition) is 2. The van der Waals surface area contributed by atoms with Gasteiger partial charge >= 0.3 is 5.97 Å². The zero-order chi connectivity index (χ0) is 18.4. The van der Waals surface area contributed by atoms with Crippen LogP contribution >= 0.6 is 11.6 Å². The summed E-state index contributed by atoms with van der Waals surface area (Å²) in [7, 11) is -3.93. The van der Waals surface area contributed by atoms with Crippen LogP contribution in [-0.2, 0) is 26.0 Å². The van der Waals surface area contributed by atoms with Crippen LogP contribution in [0.1, 0.15) is 12.5 Å². The van der Waals surface area contributed by atoms with Crippen molar-refractivity contribution in [2.24, 2.45) is 0 Å². The number of nitrogens with one attached hydrogen (secondary N) is 1. The third-order valence-electron chi connectivity index (χ3n) is 3.37. The predicted molar refractivity (Wildman–Crippen MR) is 94.0 cm³/mol. The second kappa shape index (κ2) is 8.33. The Labute approximate surface area is 151 Å². The zero-order valence-electron chi connectivity index (χ0n) is 13.5. The Morgan fingerprint density at radius 3 is 2.32 bits per heavy atom. The Kier molecular flexibility index (Phi) is 6.41. The first-order chi connectivity index (χ1) is 11.8. The molecule has 25 heavy (non-hydrogen) atoms. The number of ether oxygens (including phenoxy) is 1. The van der Waals surface area contributed by atoms with Gasteiger partial charge in [-0.15, -0.1) is 0 Å². The van der Waals surface area contributed by atoms with E-state index >= 15 is 0 Å². The van der Waals surface area contributed by atoms with Crippen LogP contribution in [0.2, 0.25) is 5.02 Å². The Bertz CT molecular complexity index is 819. The number of aromatic hydroxyl groups is 1. The first-order valence-corrected chi connectivity index (χ1v) is 9.40. The molecule has 8 heteroatoms. The van der Waals surface area contributed by atoms with Crippen molar-refractivity contribution in [2.75, 3.05) is 6.61 Å². The van der Waals surface area contributed by atoms with E-state index in [0.29, 0.717) is 10.6 Å². The minimum absolute atomic E-state index is 0.00287. The van der Waals surface area contributed by atoms with E-state index in [0.717, 1.165) is 0 Å². The molecule has 2 aromatic carbocycles. The molecule has 0 aliphatic carbocycles. The number of halogens is 1. The summed E-state index contributed by atoms with van der Waals surface area (Å²) in [5.41, 5.74) is 0.676. The third kappa shape index (κ3) is 5.45. The minimum atomic E-state index is -3.93. The molecular weight excluding hydrogens is 366 g/mol. The lowest BCUT2D eigenvalue weighted by Crippen LogP contribution is -2.43. The predicted octanol–water partition coefficient (Wildman–Crippen LogP) is 2.50. The quantitative estimate of drug-likeness (QED) is 0.716. The number of rotatable bonds is 7. The second-order valence-corrected chi connectivity index (χ2v) is 7.40. The molecule has 0 saturated heterocycles. The van der Waals surface area contributed by atoms with Crippen LogP contribution < -0.4 is 4.72 Å². The van der Waals surface area contributed by atoms with Gasteiger partial charge in [0.2, 0.25) is 10.0 Å². The maximum Gasteiger partial charge on any atom is 0.324 e. The summed E-state index contributed by atoms with van der Waals surface area (Å²) in [6.07, 6.45) is 0.0892. The smallest absolute Gasteiger partial charge is 0.324 e. The number of sulfonamides is 1. The van der Waals surface area contributed by atoms with Gasteiger partial charge in [-0.25, -0.2) is 8.42 Å². The van der Waals surface area contributed by atoms with Crippen molar-refractivity contribution >= 4 is 27.6 Å². The van der Waals surface area contributed by atoms with Gasteiger partial charge in [0, 0.05) is 5.02 Å². The maximum atomic E-state index is 12.5. The molecule has 2 N–H and O–H groups in total. The van der Waals surface area contributed by atoms with E-state index in [1.54, 1.807) is 19.1 Å². The van der Waals surface area contributed by atoms with Crippen LogP contribution in [0.4, 0.5) is 0 Å². The summed E-state index contributed by atoms with van der Waals surface area (Å²) in [6, 6.07) is 10.7. The van der Waals surface area contributed by atoms with Gasteiger partial charge in [0.15, 0.2) is 0 Å². The summed E-state index contributed by atoms with van der Waals surface area (Å²) < 4.78 is 32.3. The Balaban J connectivity index is 2.24. The molecule has 0 bridgehead atoms. The first-order valence-electron chi connectivity index (χ1n) is 7.54. The van der Waals surface area contributed by atoms with Crippen molar-refractivity contribution in [1.82, 2.24) is 4.72 Å². The number of carbonyl (C=O) groups excluding carboxylic acids is 1. The van der Waals surface area contributed by atoms with Gasteiger partial charge in [0.1, 0.15) is 11.8 Å². The Morgan fingerprint density at radius 2 is 1.76 bits per heavy atom. The summed E-state index contributed by atoms with van der Waals surface area (Å²) in [6.45, 7) is 1.77. The molecule has 0 unspecified atom stereocenters. The third-order valence-corrected chi connectivity index (χ3v) is 5.11. The molecule has 0 radical (unpaired) electrons. The number of hydrogen-bond acceptors (Lipinski definition) is 5. The molecule has 1 atom stereocenters. The Morgan fingerprint density at radius 1 is 1.16 bits per heavy atom. The fraction of sp³-hybridized carbons (Fsp3) is 0.235. The van der Waals surface area contributed by atoms with Gasteiger partial charge in [-0.2, -0.15) is 4.72 Å². The molecular formula is C17H18ClNO5S. The maximum absolute atomic E-state index is 12.5. The first kappa shape index (κ1) is 19.2. The van der Waals surface area contributed by atoms with E-state index < -0.39 is 22.0 Å². The molecule has 0 aliphatic heterocycles. The molecule has 0 spiro atoms. The van der Waals surface area contributed by atoms with Crippen LogP contribution in [0.25, 0.3) is 0 Å². The van der Waals surface area contributed by atoms with E-state index in [1.165, 1.54) is 36.4 Å². The van der Waals surface area contributed by atoms with Gasteiger partial charge in [-0.05, 0) is 55.3 Å². The second-order valence-electron chi connectivity index (χ2n) is 5.25. The fourth-order valence-electron chi connectivity index (χ4n) is 2.15. The van der Waals surface area contributed by atoms with Gasteiger partial charge in [0.05, 0.1) is 11.5 Å². The lowest BCUT2D eigenvalue weighted by Gasteiger charge is -2.17.